The molecule has 5 nitrogen and oxygen atoms in total. The topological polar surface area (TPSA) is 75.3 Å². The van der Waals surface area contributed by atoms with Crippen LogP contribution in [-0.4, -0.2) is 20.4 Å². The molecule has 2 N–H and O–H groups in total. The number of amides is 1. The van der Waals surface area contributed by atoms with Crippen molar-refractivity contribution < 1.29 is 17.6 Å². The summed E-state index contributed by atoms with van der Waals surface area (Å²) < 4.78 is 39.7. The lowest BCUT2D eigenvalue weighted by Crippen LogP contribution is -2.41. The van der Waals surface area contributed by atoms with Crippen LogP contribution in [0.5, 0.6) is 0 Å². The van der Waals surface area contributed by atoms with E-state index in [1.165, 1.54) is 43.3 Å². The Bertz CT molecular complexity index is 858. The summed E-state index contributed by atoms with van der Waals surface area (Å²) in [4.78, 5) is 12.1. The molecule has 1 atom stereocenters. The van der Waals surface area contributed by atoms with E-state index in [2.05, 4.69) is 10.0 Å². The number of halogens is 3. The third-order valence-electron chi connectivity index (χ3n) is 3.04. The Kier molecular flexibility index (Phi) is 5.82. The van der Waals surface area contributed by atoms with Crippen molar-refractivity contribution in [3.8, 4) is 0 Å². The number of carbonyl (C=O) groups is 1. The van der Waals surface area contributed by atoms with Crippen LogP contribution in [-0.2, 0) is 14.8 Å². The van der Waals surface area contributed by atoms with E-state index in [1.54, 1.807) is 0 Å². The zero-order valence-electron chi connectivity index (χ0n) is 12.4. The Balaban J connectivity index is 2.07. The van der Waals surface area contributed by atoms with Gasteiger partial charge in [-0.05, 0) is 49.4 Å². The van der Waals surface area contributed by atoms with Crippen molar-refractivity contribution in [1.29, 1.82) is 0 Å². The summed E-state index contributed by atoms with van der Waals surface area (Å²) in [7, 11) is -3.88. The summed E-state index contributed by atoms with van der Waals surface area (Å²) in [5, 5.41) is 2.70. The SMILES string of the molecule is C[C@@H](NS(=O)(=O)c1ccc(Cl)cc1)C(=O)Nc1ccc(F)c(Cl)c1. The predicted molar refractivity (Wildman–Crippen MR) is 91.3 cm³/mol. The molecule has 0 aliphatic carbocycles. The van der Waals surface area contributed by atoms with E-state index < -0.39 is 27.8 Å². The van der Waals surface area contributed by atoms with E-state index in [4.69, 9.17) is 23.2 Å². The predicted octanol–water partition coefficient (Wildman–Crippen LogP) is 3.44. The van der Waals surface area contributed by atoms with Gasteiger partial charge in [-0.15, -0.1) is 0 Å². The van der Waals surface area contributed by atoms with Crippen molar-refractivity contribution >= 4 is 44.8 Å². The normalized spacial score (nSPS) is 12.7. The van der Waals surface area contributed by atoms with Crippen molar-refractivity contribution in [3.63, 3.8) is 0 Å². The highest BCUT2D eigenvalue weighted by Gasteiger charge is 2.22. The summed E-state index contributed by atoms with van der Waals surface area (Å²) in [5.74, 6) is -1.23. The third kappa shape index (κ3) is 4.67. The average Bonchev–Trinajstić information content (AvgIpc) is 2.51. The number of anilines is 1. The maximum absolute atomic E-state index is 13.1. The molecule has 0 fully saturated rings. The molecule has 0 aromatic heterocycles. The maximum atomic E-state index is 13.1. The summed E-state index contributed by atoms with van der Waals surface area (Å²) in [5.41, 5.74) is 0.254. The lowest BCUT2D eigenvalue weighted by molar-refractivity contribution is -0.117. The van der Waals surface area contributed by atoms with Crippen molar-refractivity contribution in [2.45, 2.75) is 17.9 Å². The van der Waals surface area contributed by atoms with E-state index in [-0.39, 0.29) is 15.6 Å². The van der Waals surface area contributed by atoms with Crippen molar-refractivity contribution in [3.05, 3.63) is 58.3 Å². The first-order valence-electron chi connectivity index (χ1n) is 6.73. The smallest absolute Gasteiger partial charge is 0.242 e. The van der Waals surface area contributed by atoms with Crippen molar-refractivity contribution in [2.24, 2.45) is 0 Å². The van der Waals surface area contributed by atoms with E-state index in [0.717, 1.165) is 6.07 Å². The Labute approximate surface area is 148 Å². The second-order valence-electron chi connectivity index (χ2n) is 4.92. The Morgan fingerprint density at radius 1 is 1.12 bits per heavy atom. The number of sulfonamides is 1. The van der Waals surface area contributed by atoms with Gasteiger partial charge in [0.15, 0.2) is 0 Å². The third-order valence-corrected chi connectivity index (χ3v) is 5.13. The van der Waals surface area contributed by atoms with Crippen molar-refractivity contribution in [2.75, 3.05) is 5.32 Å². The maximum Gasteiger partial charge on any atom is 0.242 e. The molecule has 2 aromatic carbocycles. The quantitative estimate of drug-likeness (QED) is 0.820. The molecule has 2 rings (SSSR count). The largest absolute Gasteiger partial charge is 0.325 e. The van der Waals surface area contributed by atoms with Gasteiger partial charge in [-0.3, -0.25) is 4.79 Å². The molecule has 128 valence electrons. The van der Waals surface area contributed by atoms with Crippen LogP contribution >= 0.6 is 23.2 Å². The number of hydrogen-bond donors (Lipinski definition) is 2. The molecule has 0 spiro atoms. The van der Waals surface area contributed by atoms with Crippen LogP contribution in [0.15, 0.2) is 47.4 Å². The Hall–Kier alpha value is -1.67. The lowest BCUT2D eigenvalue weighted by Gasteiger charge is -2.14. The number of carbonyl (C=O) groups excluding carboxylic acids is 1. The van der Waals surface area contributed by atoms with Crippen LogP contribution in [0.25, 0.3) is 0 Å². The zero-order chi connectivity index (χ0) is 17.9. The minimum Gasteiger partial charge on any atom is -0.325 e. The summed E-state index contributed by atoms with van der Waals surface area (Å²) in [6.45, 7) is 1.38. The summed E-state index contributed by atoms with van der Waals surface area (Å²) in [6.07, 6.45) is 0. The van der Waals surface area contributed by atoms with Gasteiger partial charge >= 0.3 is 0 Å². The summed E-state index contributed by atoms with van der Waals surface area (Å²) in [6, 6.07) is 8.11. The number of nitrogens with one attached hydrogen (secondary N) is 2. The molecule has 24 heavy (non-hydrogen) atoms. The highest BCUT2D eigenvalue weighted by Crippen LogP contribution is 2.19. The van der Waals surface area contributed by atoms with Gasteiger partial charge in [0.1, 0.15) is 5.82 Å². The number of benzene rings is 2. The molecule has 0 unspecified atom stereocenters. The average molecular weight is 391 g/mol. The van der Waals surface area contributed by atoms with Crippen LogP contribution in [0.2, 0.25) is 10.0 Å². The van der Waals surface area contributed by atoms with Gasteiger partial charge in [0.2, 0.25) is 15.9 Å². The van der Waals surface area contributed by atoms with Crippen LogP contribution in [0, 0.1) is 5.82 Å². The molecular weight excluding hydrogens is 378 g/mol. The fraction of sp³-hybridized carbons (Fsp3) is 0.133. The second-order valence-corrected chi connectivity index (χ2v) is 7.47. The van der Waals surface area contributed by atoms with E-state index in [9.17, 15) is 17.6 Å². The fourth-order valence-corrected chi connectivity index (χ4v) is 3.30. The van der Waals surface area contributed by atoms with Gasteiger partial charge < -0.3 is 5.32 Å². The van der Waals surface area contributed by atoms with Crippen LogP contribution in [0.1, 0.15) is 6.92 Å². The van der Waals surface area contributed by atoms with Gasteiger partial charge in [0.05, 0.1) is 16.0 Å². The van der Waals surface area contributed by atoms with Crippen molar-refractivity contribution in [1.82, 2.24) is 4.72 Å². The summed E-state index contributed by atoms with van der Waals surface area (Å²) >= 11 is 11.3. The minimum atomic E-state index is -3.88. The first kappa shape index (κ1) is 18.7. The number of rotatable bonds is 5. The molecule has 1 amide bonds. The first-order valence-corrected chi connectivity index (χ1v) is 8.97. The molecule has 0 aliphatic heterocycles. The van der Waals surface area contributed by atoms with Gasteiger partial charge in [-0.1, -0.05) is 23.2 Å². The van der Waals surface area contributed by atoms with Gasteiger partial charge in [-0.2, -0.15) is 4.72 Å². The highest BCUT2D eigenvalue weighted by atomic mass is 35.5. The lowest BCUT2D eigenvalue weighted by atomic mass is 10.3. The monoisotopic (exact) mass is 390 g/mol. The van der Waals surface area contributed by atoms with Gasteiger partial charge in [-0.25, -0.2) is 12.8 Å². The molecule has 9 heteroatoms. The molecule has 0 saturated carbocycles. The fourth-order valence-electron chi connectivity index (χ4n) is 1.79. The molecular formula is C15H13Cl2FN2O3S. The zero-order valence-corrected chi connectivity index (χ0v) is 14.7. The molecule has 0 bridgehead atoms. The van der Waals surface area contributed by atoms with Gasteiger partial charge in [0, 0.05) is 10.7 Å². The van der Waals surface area contributed by atoms with E-state index in [0.29, 0.717) is 5.02 Å². The van der Waals surface area contributed by atoms with Crippen LogP contribution in [0.3, 0.4) is 0 Å². The van der Waals surface area contributed by atoms with Gasteiger partial charge in [0.25, 0.3) is 0 Å². The molecule has 2 aromatic rings. The van der Waals surface area contributed by atoms with E-state index >= 15 is 0 Å². The number of hydrogen-bond acceptors (Lipinski definition) is 3. The standard InChI is InChI=1S/C15H13Cl2FN2O3S/c1-9(15(21)19-11-4-7-14(18)13(17)8-11)20-24(22,23)12-5-2-10(16)3-6-12/h2-9,20H,1H3,(H,19,21)/t9-/m1/s1. The van der Waals surface area contributed by atoms with Crippen LogP contribution in [0.4, 0.5) is 10.1 Å². The molecule has 0 heterocycles. The molecule has 0 saturated heterocycles. The first-order chi connectivity index (χ1) is 11.2. The minimum absolute atomic E-state index is 0.0172. The molecule has 0 radical (unpaired) electrons. The second kappa shape index (κ2) is 7.48. The van der Waals surface area contributed by atoms with Crippen LogP contribution < -0.4 is 10.0 Å². The highest BCUT2D eigenvalue weighted by molar-refractivity contribution is 7.89. The molecule has 0 aliphatic rings. The van der Waals surface area contributed by atoms with E-state index in [1.807, 2.05) is 0 Å². The Morgan fingerprint density at radius 2 is 1.75 bits per heavy atom. The Morgan fingerprint density at radius 3 is 2.33 bits per heavy atom.